The highest BCUT2D eigenvalue weighted by Crippen LogP contribution is 2.29. The van der Waals surface area contributed by atoms with Gasteiger partial charge >= 0.3 is 0 Å². The van der Waals surface area contributed by atoms with Gasteiger partial charge in [-0.25, -0.2) is 8.78 Å². The lowest BCUT2D eigenvalue weighted by molar-refractivity contribution is 0.443. The quantitative estimate of drug-likeness (QED) is 0.827. The van der Waals surface area contributed by atoms with E-state index in [9.17, 15) is 8.78 Å². The number of nitrogens with zero attached hydrogens (tertiary/aromatic N) is 1. The zero-order chi connectivity index (χ0) is 13.1. The molecule has 0 aromatic heterocycles. The molecule has 0 spiro atoms. The standard InChI is InChI=1S/C13H8F2N2O/c14-9-2-4-13(11(17)6-9)18-12-3-1-8(7-16)5-10(12)15/h1-6H,17H2. The largest absolute Gasteiger partial charge is 0.452 e. The smallest absolute Gasteiger partial charge is 0.167 e. The van der Waals surface area contributed by atoms with Gasteiger partial charge in [-0.2, -0.15) is 5.26 Å². The van der Waals surface area contributed by atoms with Crippen LogP contribution in [0.2, 0.25) is 0 Å². The van der Waals surface area contributed by atoms with Crippen LogP contribution in [0, 0.1) is 23.0 Å². The summed E-state index contributed by atoms with van der Waals surface area (Å²) in [7, 11) is 0. The van der Waals surface area contributed by atoms with Gasteiger partial charge in [0, 0.05) is 6.07 Å². The molecule has 18 heavy (non-hydrogen) atoms. The van der Waals surface area contributed by atoms with Gasteiger partial charge in [-0.15, -0.1) is 0 Å². The Morgan fingerprint density at radius 3 is 2.39 bits per heavy atom. The molecule has 2 aromatic carbocycles. The molecular formula is C13H8F2N2O. The van der Waals surface area contributed by atoms with Gasteiger partial charge in [0.25, 0.3) is 0 Å². The summed E-state index contributed by atoms with van der Waals surface area (Å²) in [5.74, 6) is -1.11. The van der Waals surface area contributed by atoms with Crippen molar-refractivity contribution in [1.82, 2.24) is 0 Å². The van der Waals surface area contributed by atoms with E-state index in [0.717, 1.165) is 18.2 Å². The van der Waals surface area contributed by atoms with Gasteiger partial charge < -0.3 is 10.5 Å². The number of anilines is 1. The third-order valence-corrected chi connectivity index (χ3v) is 2.25. The van der Waals surface area contributed by atoms with Crippen molar-refractivity contribution in [3.63, 3.8) is 0 Å². The van der Waals surface area contributed by atoms with Crippen LogP contribution < -0.4 is 10.5 Å². The third-order valence-electron chi connectivity index (χ3n) is 2.25. The predicted octanol–water partition coefficient (Wildman–Crippen LogP) is 3.21. The lowest BCUT2D eigenvalue weighted by Gasteiger charge is -2.09. The molecule has 2 rings (SSSR count). The van der Waals surface area contributed by atoms with Crippen molar-refractivity contribution < 1.29 is 13.5 Å². The summed E-state index contributed by atoms with van der Waals surface area (Å²) in [6.45, 7) is 0. The Morgan fingerprint density at radius 1 is 1.06 bits per heavy atom. The normalized spacial score (nSPS) is 9.83. The predicted molar refractivity (Wildman–Crippen MR) is 62.0 cm³/mol. The molecule has 2 aromatic rings. The first kappa shape index (κ1) is 11.9. The van der Waals surface area contributed by atoms with E-state index in [-0.39, 0.29) is 22.7 Å². The maximum absolute atomic E-state index is 13.5. The molecule has 0 aliphatic heterocycles. The van der Waals surface area contributed by atoms with Gasteiger partial charge in [0.1, 0.15) is 5.82 Å². The Bertz CT molecular complexity index is 635. The van der Waals surface area contributed by atoms with E-state index in [1.165, 1.54) is 18.2 Å². The SMILES string of the molecule is N#Cc1ccc(Oc2ccc(F)cc2N)c(F)c1. The summed E-state index contributed by atoms with van der Waals surface area (Å²) in [4.78, 5) is 0. The van der Waals surface area contributed by atoms with Gasteiger partial charge in [-0.1, -0.05) is 0 Å². The molecule has 90 valence electrons. The Kier molecular flexibility index (Phi) is 3.11. The molecule has 0 radical (unpaired) electrons. The minimum absolute atomic E-state index is 0.0683. The fourth-order valence-corrected chi connectivity index (χ4v) is 1.38. The number of nitrogen functional groups attached to an aromatic ring is 1. The topological polar surface area (TPSA) is 59.0 Å². The summed E-state index contributed by atoms with van der Waals surface area (Å²) < 4.78 is 31.6. The molecule has 3 nitrogen and oxygen atoms in total. The first-order valence-corrected chi connectivity index (χ1v) is 5.02. The lowest BCUT2D eigenvalue weighted by atomic mass is 10.2. The van der Waals surface area contributed by atoms with Crippen molar-refractivity contribution in [3.8, 4) is 17.6 Å². The van der Waals surface area contributed by atoms with Crippen LogP contribution in [-0.4, -0.2) is 0 Å². The number of nitrogens with two attached hydrogens (primary N) is 1. The number of benzene rings is 2. The minimum atomic E-state index is -0.683. The summed E-state index contributed by atoms with van der Waals surface area (Å²) in [5.41, 5.74) is 5.79. The molecule has 0 fully saturated rings. The fourth-order valence-electron chi connectivity index (χ4n) is 1.38. The van der Waals surface area contributed by atoms with Crippen LogP contribution in [0.5, 0.6) is 11.5 Å². The summed E-state index contributed by atoms with van der Waals surface area (Å²) in [6.07, 6.45) is 0. The van der Waals surface area contributed by atoms with E-state index in [1.54, 1.807) is 0 Å². The molecule has 0 heterocycles. The average Bonchev–Trinajstić information content (AvgIpc) is 2.34. The van der Waals surface area contributed by atoms with E-state index in [1.807, 2.05) is 6.07 Å². The van der Waals surface area contributed by atoms with Crippen LogP contribution in [0.25, 0.3) is 0 Å². The third kappa shape index (κ3) is 2.38. The van der Waals surface area contributed by atoms with Crippen molar-refractivity contribution in [1.29, 1.82) is 5.26 Å². The van der Waals surface area contributed by atoms with Crippen LogP contribution in [0.4, 0.5) is 14.5 Å². The zero-order valence-corrected chi connectivity index (χ0v) is 9.15. The second kappa shape index (κ2) is 4.72. The second-order valence-corrected chi connectivity index (χ2v) is 3.54. The second-order valence-electron chi connectivity index (χ2n) is 3.54. The number of rotatable bonds is 2. The Labute approximate surface area is 102 Å². The van der Waals surface area contributed by atoms with Gasteiger partial charge in [0.05, 0.1) is 17.3 Å². The van der Waals surface area contributed by atoms with Gasteiger partial charge in [0.15, 0.2) is 17.3 Å². The summed E-state index contributed by atoms with van der Waals surface area (Å²) in [5, 5.41) is 8.60. The van der Waals surface area contributed by atoms with Crippen LogP contribution in [-0.2, 0) is 0 Å². The highest BCUT2D eigenvalue weighted by Gasteiger charge is 2.08. The van der Waals surface area contributed by atoms with E-state index in [0.29, 0.717) is 0 Å². The number of nitriles is 1. The average molecular weight is 246 g/mol. The van der Waals surface area contributed by atoms with Gasteiger partial charge in [0.2, 0.25) is 0 Å². The van der Waals surface area contributed by atoms with Gasteiger partial charge in [-0.3, -0.25) is 0 Å². The molecule has 5 heteroatoms. The molecular weight excluding hydrogens is 238 g/mol. The highest BCUT2D eigenvalue weighted by atomic mass is 19.1. The Morgan fingerprint density at radius 2 is 1.78 bits per heavy atom. The first-order chi connectivity index (χ1) is 8.60. The van der Waals surface area contributed by atoms with E-state index in [2.05, 4.69) is 0 Å². The minimum Gasteiger partial charge on any atom is -0.452 e. The van der Waals surface area contributed by atoms with Crippen LogP contribution >= 0.6 is 0 Å². The van der Waals surface area contributed by atoms with Crippen molar-refractivity contribution in [2.45, 2.75) is 0 Å². The first-order valence-electron chi connectivity index (χ1n) is 5.02. The van der Waals surface area contributed by atoms with Crippen molar-refractivity contribution in [2.24, 2.45) is 0 Å². The molecule has 0 atom stereocenters. The van der Waals surface area contributed by atoms with Crippen molar-refractivity contribution in [2.75, 3.05) is 5.73 Å². The van der Waals surface area contributed by atoms with Crippen LogP contribution in [0.1, 0.15) is 5.56 Å². The van der Waals surface area contributed by atoms with Crippen LogP contribution in [0.3, 0.4) is 0 Å². The number of ether oxygens (including phenoxy) is 1. The monoisotopic (exact) mass is 246 g/mol. The fraction of sp³-hybridized carbons (Fsp3) is 0. The molecule has 0 unspecified atom stereocenters. The van der Waals surface area contributed by atoms with Gasteiger partial charge in [-0.05, 0) is 30.3 Å². The lowest BCUT2D eigenvalue weighted by Crippen LogP contribution is -1.95. The molecule has 0 saturated carbocycles. The van der Waals surface area contributed by atoms with Crippen molar-refractivity contribution >= 4 is 5.69 Å². The highest BCUT2D eigenvalue weighted by molar-refractivity contribution is 5.54. The number of hydrogen-bond acceptors (Lipinski definition) is 3. The number of halogens is 2. The molecule has 0 aliphatic carbocycles. The summed E-state index contributed by atoms with van der Waals surface area (Å²) in [6, 6.07) is 9.14. The molecule has 0 saturated heterocycles. The number of hydrogen-bond donors (Lipinski definition) is 1. The van der Waals surface area contributed by atoms with Crippen LogP contribution in [0.15, 0.2) is 36.4 Å². The molecule has 0 bridgehead atoms. The zero-order valence-electron chi connectivity index (χ0n) is 9.15. The molecule has 0 amide bonds. The van der Waals surface area contributed by atoms with E-state index in [4.69, 9.17) is 15.7 Å². The Balaban J connectivity index is 2.32. The summed E-state index contributed by atoms with van der Waals surface area (Å²) >= 11 is 0. The van der Waals surface area contributed by atoms with E-state index >= 15 is 0 Å². The molecule has 2 N–H and O–H groups in total. The van der Waals surface area contributed by atoms with E-state index < -0.39 is 11.6 Å². The van der Waals surface area contributed by atoms with Crippen molar-refractivity contribution in [3.05, 3.63) is 53.6 Å². The maximum Gasteiger partial charge on any atom is 0.167 e. The maximum atomic E-state index is 13.5. The Hall–Kier alpha value is -2.61. The molecule has 0 aliphatic rings.